The summed E-state index contributed by atoms with van der Waals surface area (Å²) in [6, 6.07) is 7.74. The van der Waals surface area contributed by atoms with E-state index < -0.39 is 0 Å². The van der Waals surface area contributed by atoms with E-state index in [-0.39, 0.29) is 35.5 Å². The molecule has 2 aromatic heterocycles. The summed E-state index contributed by atoms with van der Waals surface area (Å²) >= 11 is 0. The van der Waals surface area contributed by atoms with Gasteiger partial charge in [-0.3, -0.25) is 9.59 Å². The Hall–Kier alpha value is -3.26. The number of nitrogens with zero attached hydrogens (tertiary/aromatic N) is 4. The summed E-state index contributed by atoms with van der Waals surface area (Å²) < 4.78 is 14.3. The third-order valence-corrected chi connectivity index (χ3v) is 6.07. The maximum absolute atomic E-state index is 13.2. The highest BCUT2D eigenvalue weighted by Gasteiger charge is 2.30. The maximum atomic E-state index is 13.2. The highest BCUT2D eigenvalue weighted by Crippen LogP contribution is 2.28. The molecular formula is C24H29ClN4O4. The summed E-state index contributed by atoms with van der Waals surface area (Å²) in [5.74, 6) is 1.12. The SMILES string of the molecule is COc1ccc(CCn2ccc(C)c(C(=O)N3CCC(n4ccnc4)C3)c2=O)cc1OC.Cl. The Bertz CT molecular complexity index is 1160. The van der Waals surface area contributed by atoms with E-state index in [9.17, 15) is 9.59 Å². The highest BCUT2D eigenvalue weighted by molar-refractivity contribution is 5.95. The molecule has 0 bridgehead atoms. The largest absolute Gasteiger partial charge is 0.493 e. The fourth-order valence-electron chi connectivity index (χ4n) is 4.20. The van der Waals surface area contributed by atoms with Crippen molar-refractivity contribution < 1.29 is 14.3 Å². The van der Waals surface area contributed by atoms with E-state index in [4.69, 9.17) is 9.47 Å². The van der Waals surface area contributed by atoms with Crippen molar-refractivity contribution in [3.8, 4) is 11.5 Å². The van der Waals surface area contributed by atoms with Gasteiger partial charge in [0, 0.05) is 38.2 Å². The molecule has 0 N–H and O–H groups in total. The van der Waals surface area contributed by atoms with Crippen LogP contribution >= 0.6 is 12.4 Å². The van der Waals surface area contributed by atoms with E-state index in [0.717, 1.165) is 12.0 Å². The Balaban J connectivity index is 0.00000306. The molecule has 1 aliphatic rings. The molecule has 1 fully saturated rings. The van der Waals surface area contributed by atoms with Gasteiger partial charge in [0.1, 0.15) is 5.56 Å². The van der Waals surface area contributed by atoms with Gasteiger partial charge in [-0.2, -0.15) is 0 Å². The summed E-state index contributed by atoms with van der Waals surface area (Å²) in [6.07, 6.45) is 8.66. The van der Waals surface area contributed by atoms with E-state index in [1.807, 2.05) is 42.0 Å². The second-order valence-corrected chi connectivity index (χ2v) is 8.02. The topological polar surface area (TPSA) is 78.6 Å². The zero-order valence-electron chi connectivity index (χ0n) is 19.1. The lowest BCUT2D eigenvalue weighted by molar-refractivity contribution is 0.0784. The van der Waals surface area contributed by atoms with Crippen molar-refractivity contribution >= 4 is 18.3 Å². The van der Waals surface area contributed by atoms with Gasteiger partial charge in [-0.05, 0) is 49.1 Å². The fraction of sp³-hybridized carbons (Fsp3) is 0.375. The van der Waals surface area contributed by atoms with Crippen molar-refractivity contribution in [2.45, 2.75) is 32.4 Å². The van der Waals surface area contributed by atoms with Gasteiger partial charge in [-0.25, -0.2) is 4.98 Å². The van der Waals surface area contributed by atoms with E-state index >= 15 is 0 Å². The minimum absolute atomic E-state index is 0. The van der Waals surface area contributed by atoms with Gasteiger partial charge in [-0.1, -0.05) is 6.07 Å². The number of hydrogen-bond donors (Lipinski definition) is 0. The number of carbonyl (C=O) groups excluding carboxylic acids is 1. The van der Waals surface area contributed by atoms with Crippen molar-refractivity contribution in [3.05, 3.63) is 76.2 Å². The highest BCUT2D eigenvalue weighted by atomic mass is 35.5. The molecule has 1 unspecified atom stereocenters. The number of pyridine rings is 1. The first kappa shape index (κ1) is 24.4. The molecule has 1 saturated heterocycles. The number of ether oxygens (including phenoxy) is 2. The van der Waals surface area contributed by atoms with Crippen molar-refractivity contribution in [1.29, 1.82) is 0 Å². The summed E-state index contributed by atoms with van der Waals surface area (Å²) in [5.41, 5.74) is 1.73. The number of halogens is 1. The maximum Gasteiger partial charge on any atom is 0.263 e. The molecule has 4 rings (SSSR count). The average molecular weight is 473 g/mol. The van der Waals surface area contributed by atoms with Crippen LogP contribution in [0.2, 0.25) is 0 Å². The van der Waals surface area contributed by atoms with Crippen LogP contribution in [-0.4, -0.2) is 52.2 Å². The molecule has 0 saturated carbocycles. The molecule has 0 spiro atoms. The van der Waals surface area contributed by atoms with Gasteiger partial charge in [0.05, 0.1) is 26.6 Å². The molecule has 0 aliphatic carbocycles. The lowest BCUT2D eigenvalue weighted by Crippen LogP contribution is -2.36. The lowest BCUT2D eigenvalue weighted by Gasteiger charge is -2.19. The van der Waals surface area contributed by atoms with Crippen LogP contribution in [-0.2, 0) is 13.0 Å². The van der Waals surface area contributed by atoms with Gasteiger partial charge in [0.2, 0.25) is 0 Å². The number of hydrogen-bond acceptors (Lipinski definition) is 5. The number of benzene rings is 1. The minimum Gasteiger partial charge on any atom is -0.493 e. The molecule has 1 aliphatic heterocycles. The summed E-state index contributed by atoms with van der Waals surface area (Å²) in [5, 5.41) is 0. The minimum atomic E-state index is -0.249. The van der Waals surface area contributed by atoms with Crippen molar-refractivity contribution in [1.82, 2.24) is 19.0 Å². The van der Waals surface area contributed by atoms with Crippen molar-refractivity contribution in [2.75, 3.05) is 27.3 Å². The Labute approximate surface area is 199 Å². The number of methoxy groups -OCH3 is 2. The monoisotopic (exact) mass is 472 g/mol. The van der Waals surface area contributed by atoms with Crippen LogP contribution in [0.25, 0.3) is 0 Å². The lowest BCUT2D eigenvalue weighted by atomic mass is 10.1. The van der Waals surface area contributed by atoms with E-state index in [2.05, 4.69) is 4.98 Å². The normalized spacial score (nSPS) is 15.2. The fourth-order valence-corrected chi connectivity index (χ4v) is 4.20. The molecule has 176 valence electrons. The third-order valence-electron chi connectivity index (χ3n) is 6.07. The first-order chi connectivity index (χ1) is 15.5. The van der Waals surface area contributed by atoms with Crippen molar-refractivity contribution in [3.63, 3.8) is 0 Å². The zero-order valence-corrected chi connectivity index (χ0v) is 19.9. The number of amides is 1. The Kier molecular flexibility index (Phi) is 7.81. The quantitative estimate of drug-likeness (QED) is 0.528. The summed E-state index contributed by atoms with van der Waals surface area (Å²) in [7, 11) is 3.19. The average Bonchev–Trinajstić information content (AvgIpc) is 3.50. The number of carbonyl (C=O) groups is 1. The van der Waals surface area contributed by atoms with Gasteiger partial charge >= 0.3 is 0 Å². The van der Waals surface area contributed by atoms with Crippen LogP contribution in [0.1, 0.15) is 33.9 Å². The van der Waals surface area contributed by atoms with Crippen molar-refractivity contribution in [2.24, 2.45) is 0 Å². The van der Waals surface area contributed by atoms with Crippen LogP contribution in [0.4, 0.5) is 0 Å². The predicted molar refractivity (Wildman–Crippen MR) is 128 cm³/mol. The van der Waals surface area contributed by atoms with Crippen LogP contribution in [0.5, 0.6) is 11.5 Å². The van der Waals surface area contributed by atoms with Crippen LogP contribution in [0.15, 0.2) is 54.0 Å². The molecule has 0 radical (unpaired) electrons. The third kappa shape index (κ3) is 5.06. The number of rotatable bonds is 7. The molecule has 1 atom stereocenters. The van der Waals surface area contributed by atoms with E-state index in [1.165, 1.54) is 0 Å². The smallest absolute Gasteiger partial charge is 0.263 e. The van der Waals surface area contributed by atoms with Crippen LogP contribution in [0, 0.1) is 6.92 Å². The standard InChI is InChI=1S/C24H28N4O4.ClH/c1-17-6-10-26(11-7-18-4-5-20(31-2)21(14-18)32-3)23(29)22(17)24(30)27-12-8-19(15-27)28-13-9-25-16-28;/h4-6,9-10,13-14,16,19H,7-8,11-12,15H2,1-3H3;1H. The Morgan fingerprint density at radius 1 is 1.15 bits per heavy atom. The molecule has 33 heavy (non-hydrogen) atoms. The second kappa shape index (κ2) is 10.6. The predicted octanol–water partition coefficient (Wildman–Crippen LogP) is 3.12. The molecule has 9 heteroatoms. The van der Waals surface area contributed by atoms with Gasteiger partial charge in [0.25, 0.3) is 11.5 Å². The van der Waals surface area contributed by atoms with Gasteiger partial charge < -0.3 is 23.5 Å². The zero-order chi connectivity index (χ0) is 22.7. The van der Waals surface area contributed by atoms with Crippen LogP contribution < -0.4 is 15.0 Å². The van der Waals surface area contributed by atoms with E-state index in [1.54, 1.807) is 42.4 Å². The Morgan fingerprint density at radius 3 is 2.64 bits per heavy atom. The molecular weight excluding hydrogens is 444 g/mol. The summed E-state index contributed by atoms with van der Waals surface area (Å²) in [6.45, 7) is 3.49. The van der Waals surface area contributed by atoms with E-state index in [0.29, 0.717) is 43.1 Å². The number of aromatic nitrogens is 3. The molecule has 3 heterocycles. The second-order valence-electron chi connectivity index (χ2n) is 8.02. The first-order valence-electron chi connectivity index (χ1n) is 10.7. The molecule has 1 amide bonds. The summed E-state index contributed by atoms with van der Waals surface area (Å²) in [4.78, 5) is 32.3. The van der Waals surface area contributed by atoms with Gasteiger partial charge in [0.15, 0.2) is 11.5 Å². The van der Waals surface area contributed by atoms with Gasteiger partial charge in [-0.15, -0.1) is 12.4 Å². The number of imidazole rings is 1. The molecule has 3 aromatic rings. The number of aryl methyl sites for hydroxylation is 3. The number of likely N-dealkylation sites (tertiary alicyclic amines) is 1. The Morgan fingerprint density at radius 2 is 1.94 bits per heavy atom. The van der Waals surface area contributed by atoms with Crippen LogP contribution in [0.3, 0.4) is 0 Å². The molecule has 1 aromatic carbocycles. The first-order valence-corrected chi connectivity index (χ1v) is 10.7. The molecule has 8 nitrogen and oxygen atoms in total.